The van der Waals surface area contributed by atoms with Gasteiger partial charge in [0.2, 0.25) is 0 Å². The molecular weight excluding hydrogens is 252 g/mol. The zero-order chi connectivity index (χ0) is 14.7. The van der Waals surface area contributed by atoms with Crippen LogP contribution in [0.15, 0.2) is 15.8 Å². The zero-order valence-corrected chi connectivity index (χ0v) is 11.5. The highest BCUT2D eigenvalue weighted by Crippen LogP contribution is 2.27. The topological polar surface area (TPSA) is 105 Å². The molecule has 0 bridgehead atoms. The first kappa shape index (κ1) is 15.6. The van der Waals surface area contributed by atoms with Gasteiger partial charge in [0.05, 0.1) is 6.10 Å². The van der Waals surface area contributed by atoms with Crippen molar-refractivity contribution < 1.29 is 14.9 Å². The Kier molecular flexibility index (Phi) is 5.04. The summed E-state index contributed by atoms with van der Waals surface area (Å²) in [4.78, 5) is 24.9. The summed E-state index contributed by atoms with van der Waals surface area (Å²) < 4.78 is 6.37. The van der Waals surface area contributed by atoms with Gasteiger partial charge in [-0.1, -0.05) is 13.8 Å². The molecule has 0 aromatic carbocycles. The van der Waals surface area contributed by atoms with E-state index in [1.54, 1.807) is 6.92 Å². The van der Waals surface area contributed by atoms with Gasteiger partial charge in [-0.3, -0.25) is 14.3 Å². The molecule has 3 N–H and O–H groups in total. The summed E-state index contributed by atoms with van der Waals surface area (Å²) in [5.74, 6) is 0. The highest BCUT2D eigenvalue weighted by molar-refractivity contribution is 5.02. The first-order valence-electron chi connectivity index (χ1n) is 6.25. The second-order valence-electron chi connectivity index (χ2n) is 4.19. The number of aromatic nitrogens is 2. The molecule has 0 amide bonds. The van der Waals surface area contributed by atoms with Gasteiger partial charge in [0.25, 0.3) is 5.56 Å². The standard InChI is InChI=1S/C10H14N2O5.C2H6/c1-4-3-12(10(16)11-8(4)15)9-7(14)6(13)5(2)17-9;1-2/h3,5-7,9,13-14H,1-2H3,(H,11,15,16);1-2H3. The van der Waals surface area contributed by atoms with Crippen LogP contribution in [0.25, 0.3) is 0 Å². The maximum atomic E-state index is 11.6. The molecule has 7 nitrogen and oxygen atoms in total. The van der Waals surface area contributed by atoms with E-state index < -0.39 is 35.8 Å². The van der Waals surface area contributed by atoms with Gasteiger partial charge in [-0.05, 0) is 13.8 Å². The van der Waals surface area contributed by atoms with Crippen LogP contribution in [0.3, 0.4) is 0 Å². The maximum Gasteiger partial charge on any atom is 0.330 e. The fourth-order valence-corrected chi connectivity index (χ4v) is 1.83. The molecule has 1 aliphatic rings. The fraction of sp³-hybridized carbons (Fsp3) is 0.667. The molecule has 0 saturated carbocycles. The van der Waals surface area contributed by atoms with Crippen LogP contribution in [-0.2, 0) is 4.74 Å². The van der Waals surface area contributed by atoms with Crippen molar-refractivity contribution in [3.8, 4) is 0 Å². The third kappa shape index (κ3) is 2.94. The predicted molar refractivity (Wildman–Crippen MR) is 69.0 cm³/mol. The van der Waals surface area contributed by atoms with E-state index in [-0.39, 0.29) is 0 Å². The summed E-state index contributed by atoms with van der Waals surface area (Å²) >= 11 is 0. The quantitative estimate of drug-likeness (QED) is 0.640. The van der Waals surface area contributed by atoms with Crippen molar-refractivity contribution >= 4 is 0 Å². The molecule has 7 heteroatoms. The SMILES string of the molecule is CC.Cc1cn(C2OC(C)C(O)C2O)c(=O)[nH]c1=O. The Morgan fingerprint density at radius 2 is 1.84 bits per heavy atom. The number of H-pyrrole nitrogens is 1. The minimum Gasteiger partial charge on any atom is -0.388 e. The molecule has 1 fully saturated rings. The lowest BCUT2D eigenvalue weighted by molar-refractivity contribution is -0.0352. The van der Waals surface area contributed by atoms with Gasteiger partial charge in [-0.15, -0.1) is 0 Å². The lowest BCUT2D eigenvalue weighted by atomic mass is 10.1. The van der Waals surface area contributed by atoms with Crippen molar-refractivity contribution in [2.45, 2.75) is 52.2 Å². The molecule has 19 heavy (non-hydrogen) atoms. The van der Waals surface area contributed by atoms with Gasteiger partial charge in [-0.25, -0.2) is 4.79 Å². The first-order valence-corrected chi connectivity index (χ1v) is 6.25. The van der Waals surface area contributed by atoms with E-state index in [0.29, 0.717) is 5.56 Å². The zero-order valence-electron chi connectivity index (χ0n) is 11.5. The van der Waals surface area contributed by atoms with E-state index in [9.17, 15) is 19.8 Å². The molecular formula is C12H20N2O5. The molecule has 0 spiro atoms. The maximum absolute atomic E-state index is 11.6. The van der Waals surface area contributed by atoms with Gasteiger partial charge >= 0.3 is 5.69 Å². The number of hydrogen-bond acceptors (Lipinski definition) is 5. The van der Waals surface area contributed by atoms with Crippen molar-refractivity contribution in [3.63, 3.8) is 0 Å². The van der Waals surface area contributed by atoms with Gasteiger partial charge in [0, 0.05) is 11.8 Å². The number of aromatic amines is 1. The number of aliphatic hydroxyl groups excluding tert-OH is 2. The summed E-state index contributed by atoms with van der Waals surface area (Å²) in [7, 11) is 0. The molecule has 1 aromatic heterocycles. The Balaban J connectivity index is 0.000000861. The Hall–Kier alpha value is -1.44. The molecule has 1 aromatic rings. The molecule has 1 saturated heterocycles. The summed E-state index contributed by atoms with van der Waals surface area (Å²) in [6.45, 7) is 7.13. The molecule has 0 aliphatic carbocycles. The van der Waals surface area contributed by atoms with Crippen LogP contribution >= 0.6 is 0 Å². The average Bonchev–Trinajstić information content (AvgIpc) is 2.64. The Labute approximate surface area is 110 Å². The Morgan fingerprint density at radius 3 is 2.32 bits per heavy atom. The highest BCUT2D eigenvalue weighted by Gasteiger charge is 2.41. The first-order chi connectivity index (χ1) is 8.91. The second-order valence-corrected chi connectivity index (χ2v) is 4.19. The van der Waals surface area contributed by atoms with Crippen LogP contribution in [0.1, 0.15) is 32.6 Å². The van der Waals surface area contributed by atoms with E-state index in [2.05, 4.69) is 4.98 Å². The molecule has 0 radical (unpaired) electrons. The summed E-state index contributed by atoms with van der Waals surface area (Å²) in [5, 5.41) is 19.3. The van der Waals surface area contributed by atoms with Crippen LogP contribution in [0.5, 0.6) is 0 Å². The van der Waals surface area contributed by atoms with Crippen molar-refractivity contribution in [2.24, 2.45) is 0 Å². The van der Waals surface area contributed by atoms with Gasteiger partial charge in [-0.2, -0.15) is 0 Å². The number of nitrogens with zero attached hydrogens (tertiary/aromatic N) is 1. The van der Waals surface area contributed by atoms with Gasteiger partial charge in [0.15, 0.2) is 6.23 Å². The molecule has 108 valence electrons. The lowest BCUT2D eigenvalue weighted by Gasteiger charge is -2.17. The third-order valence-corrected chi connectivity index (χ3v) is 2.90. The minimum atomic E-state index is -1.20. The van der Waals surface area contributed by atoms with Crippen LogP contribution in [-0.4, -0.2) is 38.1 Å². The van der Waals surface area contributed by atoms with Gasteiger partial charge in [0.1, 0.15) is 12.2 Å². The van der Waals surface area contributed by atoms with Crippen LogP contribution in [0.4, 0.5) is 0 Å². The van der Waals surface area contributed by atoms with Crippen molar-refractivity contribution in [3.05, 3.63) is 32.6 Å². The fourth-order valence-electron chi connectivity index (χ4n) is 1.83. The third-order valence-electron chi connectivity index (χ3n) is 2.90. The number of nitrogens with one attached hydrogen (secondary N) is 1. The number of rotatable bonds is 1. The molecule has 2 heterocycles. The predicted octanol–water partition coefficient (Wildman–Crippen LogP) is -0.490. The summed E-state index contributed by atoms with van der Waals surface area (Å²) in [5.41, 5.74) is -0.826. The number of aliphatic hydroxyl groups is 2. The molecule has 4 unspecified atom stereocenters. The van der Waals surface area contributed by atoms with E-state index in [0.717, 1.165) is 4.57 Å². The van der Waals surface area contributed by atoms with Crippen molar-refractivity contribution in [1.29, 1.82) is 0 Å². The van der Waals surface area contributed by atoms with Gasteiger partial charge < -0.3 is 14.9 Å². The van der Waals surface area contributed by atoms with Crippen LogP contribution < -0.4 is 11.2 Å². The van der Waals surface area contributed by atoms with Crippen molar-refractivity contribution in [1.82, 2.24) is 9.55 Å². The van der Waals surface area contributed by atoms with E-state index in [4.69, 9.17) is 4.74 Å². The monoisotopic (exact) mass is 272 g/mol. The largest absolute Gasteiger partial charge is 0.388 e. The highest BCUT2D eigenvalue weighted by atomic mass is 16.6. The second kappa shape index (κ2) is 6.14. The number of aryl methyl sites for hydroxylation is 1. The number of ether oxygens (including phenoxy) is 1. The van der Waals surface area contributed by atoms with Crippen LogP contribution in [0.2, 0.25) is 0 Å². The minimum absolute atomic E-state index is 0.328. The smallest absolute Gasteiger partial charge is 0.330 e. The molecule has 4 atom stereocenters. The summed E-state index contributed by atoms with van der Waals surface area (Å²) in [6.07, 6.45) is -2.51. The van der Waals surface area contributed by atoms with E-state index in [1.165, 1.54) is 13.1 Å². The van der Waals surface area contributed by atoms with Crippen molar-refractivity contribution in [2.75, 3.05) is 0 Å². The molecule has 2 rings (SSSR count). The average molecular weight is 272 g/mol. The normalized spacial score (nSPS) is 29.8. The summed E-state index contributed by atoms with van der Waals surface area (Å²) in [6, 6.07) is 0. The van der Waals surface area contributed by atoms with E-state index >= 15 is 0 Å². The van der Waals surface area contributed by atoms with E-state index in [1.807, 2.05) is 13.8 Å². The molecule has 1 aliphatic heterocycles. The van der Waals surface area contributed by atoms with Crippen LogP contribution in [0, 0.1) is 6.92 Å². The number of hydrogen-bond donors (Lipinski definition) is 3. The lowest BCUT2D eigenvalue weighted by Crippen LogP contribution is -2.38. The Bertz CT molecular complexity index is 536. The Morgan fingerprint density at radius 1 is 1.26 bits per heavy atom.